The molecule has 0 bridgehead atoms. The number of benzene rings is 2. The number of hydrogen-bond acceptors (Lipinski definition) is 4. The highest BCUT2D eigenvalue weighted by atomic mass is 79.9. The fourth-order valence-electron chi connectivity index (χ4n) is 4.91. The number of carbonyl (C=O) groups is 1. The van der Waals surface area contributed by atoms with Gasteiger partial charge in [-0.05, 0) is 61.2 Å². The van der Waals surface area contributed by atoms with Gasteiger partial charge in [0, 0.05) is 29.2 Å². The number of pyridine rings is 1. The summed E-state index contributed by atoms with van der Waals surface area (Å²) in [6, 6.07) is 18.1. The largest absolute Gasteiger partial charge is 0.487 e. The van der Waals surface area contributed by atoms with Crippen LogP contribution in [-0.4, -0.2) is 25.6 Å². The number of aromatic nitrogens is 3. The Bertz CT molecular complexity index is 1330. The van der Waals surface area contributed by atoms with Crippen LogP contribution in [0.4, 0.5) is 0 Å². The number of hydrogen-bond donors (Lipinski definition) is 1. The predicted octanol–water partition coefficient (Wildman–Crippen LogP) is 6.49. The molecule has 0 spiro atoms. The first kappa shape index (κ1) is 23.5. The summed E-state index contributed by atoms with van der Waals surface area (Å²) >= 11 is 3.51. The summed E-state index contributed by atoms with van der Waals surface area (Å²) in [5.41, 5.74) is 4.92. The molecule has 1 aliphatic rings. The number of ether oxygens (including phenoxy) is 1. The summed E-state index contributed by atoms with van der Waals surface area (Å²) < 4.78 is 9.28. The Balaban J connectivity index is 1.52. The average Bonchev–Trinajstić information content (AvgIpc) is 3.22. The van der Waals surface area contributed by atoms with Gasteiger partial charge in [-0.1, -0.05) is 47.0 Å². The molecule has 2 aromatic heterocycles. The number of imidazole rings is 1. The Hall–Kier alpha value is -3.19. The van der Waals surface area contributed by atoms with E-state index < -0.39 is 11.9 Å². The summed E-state index contributed by atoms with van der Waals surface area (Å²) in [7, 11) is 0. The summed E-state index contributed by atoms with van der Waals surface area (Å²) in [5.74, 6) is 0.346. The lowest BCUT2D eigenvalue weighted by molar-refractivity contribution is -0.143. The van der Waals surface area contributed by atoms with E-state index >= 15 is 0 Å². The molecule has 1 N–H and O–H groups in total. The lowest BCUT2D eigenvalue weighted by atomic mass is 9.78. The van der Waals surface area contributed by atoms with Crippen LogP contribution in [0, 0.1) is 12.8 Å². The average molecular weight is 534 g/mol. The number of rotatable bonds is 7. The third kappa shape index (κ3) is 5.25. The maximum atomic E-state index is 12.1. The minimum absolute atomic E-state index is 0.106. The highest BCUT2D eigenvalue weighted by molar-refractivity contribution is 9.10. The number of aryl methyl sites for hydroxylation is 1. The number of halogens is 1. The van der Waals surface area contributed by atoms with Crippen molar-refractivity contribution >= 4 is 32.9 Å². The van der Waals surface area contributed by atoms with E-state index in [1.807, 2.05) is 55.6 Å². The maximum absolute atomic E-state index is 12.1. The fourth-order valence-corrected chi connectivity index (χ4v) is 5.17. The first-order valence-corrected chi connectivity index (χ1v) is 12.8. The summed E-state index contributed by atoms with van der Waals surface area (Å²) in [6.07, 6.45) is 5.34. The van der Waals surface area contributed by atoms with Crippen LogP contribution in [0.1, 0.15) is 54.2 Å². The van der Waals surface area contributed by atoms with Crippen LogP contribution in [-0.2, 0) is 17.9 Å². The van der Waals surface area contributed by atoms with E-state index in [9.17, 15) is 9.90 Å². The number of nitrogens with zero attached hydrogens (tertiary/aromatic N) is 3. The normalized spacial score (nSPS) is 18.0. The fraction of sp³-hybridized carbons (Fsp3) is 0.321. The number of carboxylic acids is 1. The van der Waals surface area contributed by atoms with Gasteiger partial charge in [0.1, 0.15) is 18.2 Å². The van der Waals surface area contributed by atoms with Crippen LogP contribution >= 0.6 is 15.9 Å². The van der Waals surface area contributed by atoms with E-state index in [-0.39, 0.29) is 5.92 Å². The van der Waals surface area contributed by atoms with Gasteiger partial charge in [-0.3, -0.25) is 9.78 Å². The number of carboxylic acid groups (broad SMARTS) is 1. The third-order valence-corrected chi connectivity index (χ3v) is 7.31. The van der Waals surface area contributed by atoms with Crippen molar-refractivity contribution in [3.05, 3.63) is 87.9 Å². The van der Waals surface area contributed by atoms with Gasteiger partial charge in [-0.2, -0.15) is 0 Å². The van der Waals surface area contributed by atoms with Gasteiger partial charge in [-0.15, -0.1) is 0 Å². The van der Waals surface area contributed by atoms with E-state index in [0.29, 0.717) is 19.6 Å². The SMILES string of the molecule is Cc1ccc(COc2ccc3nc(C4CCCCC4C(=O)O)n(Cc4ccc(Br)cc4)c3c2)nc1. The van der Waals surface area contributed by atoms with Gasteiger partial charge in [0.2, 0.25) is 0 Å². The molecule has 2 heterocycles. The second-order valence-electron chi connectivity index (χ2n) is 9.28. The monoisotopic (exact) mass is 533 g/mol. The molecule has 0 radical (unpaired) electrons. The van der Waals surface area contributed by atoms with E-state index in [1.54, 1.807) is 0 Å². The second kappa shape index (κ2) is 10.2. The highest BCUT2D eigenvalue weighted by Crippen LogP contribution is 2.39. The van der Waals surface area contributed by atoms with E-state index in [0.717, 1.165) is 63.2 Å². The van der Waals surface area contributed by atoms with Crippen molar-refractivity contribution in [2.75, 3.05) is 0 Å². The first-order valence-electron chi connectivity index (χ1n) is 12.0. The molecule has 1 aliphatic carbocycles. The summed E-state index contributed by atoms with van der Waals surface area (Å²) in [4.78, 5) is 21.5. The van der Waals surface area contributed by atoms with E-state index in [4.69, 9.17) is 9.72 Å². The Morgan fingerprint density at radius 1 is 1.11 bits per heavy atom. The molecule has 4 aromatic rings. The standard InChI is InChI=1S/C28H28BrN3O3/c1-18-6-11-21(30-15-18)17-35-22-12-13-25-26(14-22)32(16-19-7-9-20(29)10-8-19)27(31-25)23-4-2-3-5-24(23)28(33)34/h6-15,23-24H,2-5,16-17H2,1H3,(H,33,34). The molecule has 1 fully saturated rings. The smallest absolute Gasteiger partial charge is 0.307 e. The van der Waals surface area contributed by atoms with Crippen molar-refractivity contribution in [1.29, 1.82) is 0 Å². The van der Waals surface area contributed by atoms with Crippen LogP contribution < -0.4 is 4.74 Å². The molecular formula is C28H28BrN3O3. The maximum Gasteiger partial charge on any atom is 0.307 e. The topological polar surface area (TPSA) is 77.2 Å². The summed E-state index contributed by atoms with van der Waals surface area (Å²) in [6.45, 7) is 3.01. The molecule has 1 saturated carbocycles. The van der Waals surface area contributed by atoms with Gasteiger partial charge in [0.15, 0.2) is 0 Å². The van der Waals surface area contributed by atoms with Gasteiger partial charge in [0.25, 0.3) is 0 Å². The van der Waals surface area contributed by atoms with Crippen LogP contribution in [0.5, 0.6) is 5.75 Å². The molecule has 2 unspecified atom stereocenters. The Morgan fingerprint density at radius 3 is 2.66 bits per heavy atom. The van der Waals surface area contributed by atoms with Crippen molar-refractivity contribution in [2.24, 2.45) is 5.92 Å². The molecule has 0 aliphatic heterocycles. The van der Waals surface area contributed by atoms with Crippen LogP contribution in [0.3, 0.4) is 0 Å². The first-order chi connectivity index (χ1) is 17.0. The predicted molar refractivity (Wildman–Crippen MR) is 139 cm³/mol. The zero-order valence-corrected chi connectivity index (χ0v) is 21.2. The Kier molecular flexibility index (Phi) is 6.86. The van der Waals surface area contributed by atoms with Crippen molar-refractivity contribution in [3.63, 3.8) is 0 Å². The van der Waals surface area contributed by atoms with E-state index in [2.05, 4.69) is 37.6 Å². The van der Waals surface area contributed by atoms with Gasteiger partial charge < -0.3 is 14.4 Å². The molecule has 180 valence electrons. The Labute approximate surface area is 213 Å². The van der Waals surface area contributed by atoms with Gasteiger partial charge in [-0.25, -0.2) is 4.98 Å². The van der Waals surface area contributed by atoms with Crippen molar-refractivity contribution < 1.29 is 14.6 Å². The third-order valence-electron chi connectivity index (χ3n) is 6.78. The van der Waals surface area contributed by atoms with Crippen molar-refractivity contribution in [2.45, 2.75) is 51.7 Å². The molecule has 0 saturated heterocycles. The van der Waals surface area contributed by atoms with Crippen LogP contribution in [0.25, 0.3) is 11.0 Å². The van der Waals surface area contributed by atoms with Crippen molar-refractivity contribution in [3.8, 4) is 5.75 Å². The molecule has 0 amide bonds. The van der Waals surface area contributed by atoms with E-state index in [1.165, 1.54) is 0 Å². The number of aliphatic carboxylic acids is 1. The second-order valence-corrected chi connectivity index (χ2v) is 10.2. The zero-order valence-electron chi connectivity index (χ0n) is 19.7. The molecule has 5 rings (SSSR count). The quantitative estimate of drug-likeness (QED) is 0.293. The minimum atomic E-state index is -0.730. The molecule has 7 heteroatoms. The van der Waals surface area contributed by atoms with Gasteiger partial charge in [0.05, 0.1) is 22.6 Å². The van der Waals surface area contributed by atoms with Gasteiger partial charge >= 0.3 is 5.97 Å². The number of fused-ring (bicyclic) bond motifs is 1. The van der Waals surface area contributed by atoms with Crippen LogP contribution in [0.2, 0.25) is 0 Å². The lowest BCUT2D eigenvalue weighted by Crippen LogP contribution is -2.27. The van der Waals surface area contributed by atoms with Crippen molar-refractivity contribution in [1.82, 2.24) is 14.5 Å². The molecule has 2 aromatic carbocycles. The zero-order chi connectivity index (χ0) is 24.4. The molecular weight excluding hydrogens is 506 g/mol. The molecule has 6 nitrogen and oxygen atoms in total. The summed E-state index contributed by atoms with van der Waals surface area (Å²) in [5, 5.41) is 9.93. The minimum Gasteiger partial charge on any atom is -0.487 e. The molecule has 35 heavy (non-hydrogen) atoms. The molecule has 2 atom stereocenters. The Morgan fingerprint density at radius 2 is 1.91 bits per heavy atom. The highest BCUT2D eigenvalue weighted by Gasteiger charge is 2.35. The van der Waals surface area contributed by atoms with Crippen LogP contribution in [0.15, 0.2) is 65.3 Å². The lowest BCUT2D eigenvalue weighted by Gasteiger charge is -2.28.